The van der Waals surface area contributed by atoms with Crippen molar-refractivity contribution in [3.8, 4) is 0 Å². The molecular formula is C18H25N3O3. The number of pyridine rings is 1. The summed E-state index contributed by atoms with van der Waals surface area (Å²) in [6.45, 7) is 2.28. The Morgan fingerprint density at radius 3 is 2.92 bits per heavy atom. The average Bonchev–Trinajstić information content (AvgIpc) is 3.03. The summed E-state index contributed by atoms with van der Waals surface area (Å²) in [4.78, 5) is 33.1. The number of aliphatic hydroxyl groups is 1. The molecule has 6 nitrogen and oxygen atoms in total. The molecule has 0 bridgehead atoms. The Labute approximate surface area is 142 Å². The van der Waals surface area contributed by atoms with Crippen LogP contribution in [0.15, 0.2) is 24.4 Å². The third-order valence-corrected chi connectivity index (χ3v) is 5.22. The number of hydrogen-bond acceptors (Lipinski definition) is 4. The predicted octanol–water partition coefficient (Wildman–Crippen LogP) is 0.848. The fraction of sp³-hybridized carbons (Fsp3) is 0.611. The number of carbonyl (C=O) groups is 2. The van der Waals surface area contributed by atoms with E-state index in [0.29, 0.717) is 32.5 Å². The highest BCUT2D eigenvalue weighted by Gasteiger charge is 2.49. The highest BCUT2D eigenvalue weighted by atomic mass is 16.3. The van der Waals surface area contributed by atoms with E-state index in [-0.39, 0.29) is 18.4 Å². The molecule has 130 valence electrons. The van der Waals surface area contributed by atoms with Crippen LogP contribution in [-0.2, 0) is 16.0 Å². The number of aromatic nitrogens is 1. The molecule has 1 atom stereocenters. The molecular weight excluding hydrogens is 306 g/mol. The second-order valence-corrected chi connectivity index (χ2v) is 6.79. The van der Waals surface area contributed by atoms with Crippen molar-refractivity contribution in [3.63, 3.8) is 0 Å². The smallest absolute Gasteiger partial charge is 0.230 e. The van der Waals surface area contributed by atoms with E-state index in [1.807, 2.05) is 23.1 Å². The van der Waals surface area contributed by atoms with Gasteiger partial charge in [0.05, 0.1) is 12.0 Å². The number of β-amino-alcohol motifs (C(OH)–C–C–N with tert-alkyl or cyclic N) is 1. The van der Waals surface area contributed by atoms with Crippen LogP contribution in [-0.4, -0.2) is 64.5 Å². The molecule has 2 fully saturated rings. The van der Waals surface area contributed by atoms with Gasteiger partial charge in [0.25, 0.3) is 0 Å². The van der Waals surface area contributed by atoms with Gasteiger partial charge in [0.2, 0.25) is 11.8 Å². The molecule has 0 aliphatic carbocycles. The molecule has 1 N–H and O–H groups in total. The van der Waals surface area contributed by atoms with E-state index < -0.39 is 5.41 Å². The summed E-state index contributed by atoms with van der Waals surface area (Å²) in [5, 5.41) is 9.12. The molecule has 1 aromatic rings. The van der Waals surface area contributed by atoms with Crippen LogP contribution in [0, 0.1) is 5.41 Å². The quantitative estimate of drug-likeness (QED) is 0.868. The van der Waals surface area contributed by atoms with Crippen LogP contribution in [0.25, 0.3) is 0 Å². The van der Waals surface area contributed by atoms with Gasteiger partial charge >= 0.3 is 0 Å². The normalized spacial score (nSPS) is 24.0. The molecule has 2 saturated heterocycles. The Kier molecular flexibility index (Phi) is 5.14. The van der Waals surface area contributed by atoms with Gasteiger partial charge in [-0.05, 0) is 37.8 Å². The molecule has 0 saturated carbocycles. The lowest BCUT2D eigenvalue weighted by molar-refractivity contribution is -0.146. The third-order valence-electron chi connectivity index (χ3n) is 5.22. The van der Waals surface area contributed by atoms with E-state index in [1.54, 1.807) is 11.1 Å². The van der Waals surface area contributed by atoms with Crippen LogP contribution < -0.4 is 0 Å². The zero-order chi connectivity index (χ0) is 17.0. The maximum Gasteiger partial charge on any atom is 0.230 e. The van der Waals surface area contributed by atoms with Gasteiger partial charge in [-0.1, -0.05) is 6.07 Å². The predicted molar refractivity (Wildman–Crippen MR) is 89.1 cm³/mol. The van der Waals surface area contributed by atoms with Crippen LogP contribution in [0.1, 0.15) is 31.4 Å². The standard InChI is InChI=1S/C18H25N3O3/c22-13-12-20-10-3-7-18(17(20)24)8-11-21(14-18)16(23)6-5-15-4-1-2-9-19-15/h1-2,4,9,22H,3,5-8,10-14H2. The van der Waals surface area contributed by atoms with Gasteiger partial charge in [-0.2, -0.15) is 0 Å². The molecule has 0 radical (unpaired) electrons. The van der Waals surface area contributed by atoms with E-state index in [9.17, 15) is 9.59 Å². The molecule has 24 heavy (non-hydrogen) atoms. The molecule has 1 unspecified atom stereocenters. The molecule has 2 amide bonds. The molecule has 1 spiro atoms. The first-order valence-electron chi connectivity index (χ1n) is 8.72. The van der Waals surface area contributed by atoms with Crippen molar-refractivity contribution in [2.45, 2.75) is 32.1 Å². The Morgan fingerprint density at radius 1 is 1.29 bits per heavy atom. The first kappa shape index (κ1) is 16.9. The number of likely N-dealkylation sites (tertiary alicyclic amines) is 2. The minimum atomic E-state index is -0.423. The number of amides is 2. The monoisotopic (exact) mass is 331 g/mol. The Balaban J connectivity index is 1.58. The Bertz CT molecular complexity index is 590. The van der Waals surface area contributed by atoms with Gasteiger partial charge in [0, 0.05) is 44.5 Å². The molecule has 3 heterocycles. The third kappa shape index (κ3) is 3.43. The van der Waals surface area contributed by atoms with E-state index in [1.165, 1.54) is 0 Å². The zero-order valence-electron chi connectivity index (χ0n) is 14.0. The Morgan fingerprint density at radius 2 is 2.17 bits per heavy atom. The summed E-state index contributed by atoms with van der Waals surface area (Å²) in [5.74, 6) is 0.215. The van der Waals surface area contributed by atoms with Crippen LogP contribution in [0.3, 0.4) is 0 Å². The van der Waals surface area contributed by atoms with Crippen molar-refractivity contribution in [2.75, 3.05) is 32.8 Å². The van der Waals surface area contributed by atoms with Gasteiger partial charge < -0.3 is 14.9 Å². The first-order valence-corrected chi connectivity index (χ1v) is 8.72. The molecule has 6 heteroatoms. The van der Waals surface area contributed by atoms with Crippen molar-refractivity contribution >= 4 is 11.8 Å². The fourth-order valence-electron chi connectivity index (χ4n) is 3.89. The first-order chi connectivity index (χ1) is 11.6. The van der Waals surface area contributed by atoms with Crippen molar-refractivity contribution < 1.29 is 14.7 Å². The maximum atomic E-state index is 12.8. The second kappa shape index (κ2) is 7.30. The minimum absolute atomic E-state index is 0.00542. The van der Waals surface area contributed by atoms with Crippen LogP contribution in [0.5, 0.6) is 0 Å². The number of aryl methyl sites for hydroxylation is 1. The van der Waals surface area contributed by atoms with Crippen LogP contribution in [0.4, 0.5) is 0 Å². The largest absolute Gasteiger partial charge is 0.395 e. The molecule has 1 aromatic heterocycles. The number of aliphatic hydroxyl groups excluding tert-OH is 1. The lowest BCUT2D eigenvalue weighted by Gasteiger charge is -2.39. The highest BCUT2D eigenvalue weighted by Crippen LogP contribution is 2.40. The second-order valence-electron chi connectivity index (χ2n) is 6.79. The van der Waals surface area contributed by atoms with Crippen molar-refractivity contribution in [3.05, 3.63) is 30.1 Å². The molecule has 3 rings (SSSR count). The molecule has 2 aliphatic rings. The number of hydrogen-bond donors (Lipinski definition) is 1. The van der Waals surface area contributed by atoms with Gasteiger partial charge in [-0.15, -0.1) is 0 Å². The fourth-order valence-corrected chi connectivity index (χ4v) is 3.89. The van der Waals surface area contributed by atoms with Crippen LogP contribution >= 0.6 is 0 Å². The van der Waals surface area contributed by atoms with Crippen molar-refractivity contribution in [1.82, 2.24) is 14.8 Å². The van der Waals surface area contributed by atoms with Crippen molar-refractivity contribution in [1.29, 1.82) is 0 Å². The number of piperidine rings is 1. The highest BCUT2D eigenvalue weighted by molar-refractivity contribution is 5.86. The van der Waals surface area contributed by atoms with E-state index in [2.05, 4.69) is 4.98 Å². The number of rotatable bonds is 5. The summed E-state index contributed by atoms with van der Waals surface area (Å²) in [5.41, 5.74) is 0.497. The van der Waals surface area contributed by atoms with E-state index in [4.69, 9.17) is 5.11 Å². The SMILES string of the molecule is O=C(CCc1ccccn1)N1CCC2(CCCN(CCO)C2=O)C1. The lowest BCUT2D eigenvalue weighted by atomic mass is 9.78. The summed E-state index contributed by atoms with van der Waals surface area (Å²) < 4.78 is 0. The zero-order valence-corrected chi connectivity index (χ0v) is 14.0. The number of nitrogens with zero attached hydrogens (tertiary/aromatic N) is 3. The summed E-state index contributed by atoms with van der Waals surface area (Å²) in [6, 6.07) is 5.71. The summed E-state index contributed by atoms with van der Waals surface area (Å²) >= 11 is 0. The van der Waals surface area contributed by atoms with E-state index >= 15 is 0 Å². The average molecular weight is 331 g/mol. The topological polar surface area (TPSA) is 73.7 Å². The maximum absolute atomic E-state index is 12.8. The number of carbonyl (C=O) groups excluding carboxylic acids is 2. The lowest BCUT2D eigenvalue weighted by Crippen LogP contribution is -2.51. The minimum Gasteiger partial charge on any atom is -0.395 e. The van der Waals surface area contributed by atoms with Crippen molar-refractivity contribution in [2.24, 2.45) is 5.41 Å². The van der Waals surface area contributed by atoms with E-state index in [0.717, 1.165) is 31.5 Å². The van der Waals surface area contributed by atoms with Gasteiger partial charge in [-0.3, -0.25) is 14.6 Å². The molecule has 2 aliphatic heterocycles. The van der Waals surface area contributed by atoms with Gasteiger partial charge in [0.15, 0.2) is 0 Å². The molecule has 0 aromatic carbocycles. The van der Waals surface area contributed by atoms with Crippen LogP contribution in [0.2, 0.25) is 0 Å². The van der Waals surface area contributed by atoms with Gasteiger partial charge in [0.1, 0.15) is 0 Å². The Hall–Kier alpha value is -1.95. The summed E-state index contributed by atoms with van der Waals surface area (Å²) in [6.07, 6.45) is 5.33. The summed E-state index contributed by atoms with van der Waals surface area (Å²) in [7, 11) is 0. The van der Waals surface area contributed by atoms with Gasteiger partial charge in [-0.25, -0.2) is 0 Å².